The van der Waals surface area contributed by atoms with Gasteiger partial charge in [-0.05, 0) is 81.1 Å². The van der Waals surface area contributed by atoms with E-state index in [0.717, 1.165) is 23.4 Å². The van der Waals surface area contributed by atoms with Crippen LogP contribution >= 0.6 is 0 Å². The number of rotatable bonds is 4. The van der Waals surface area contributed by atoms with Crippen LogP contribution in [0.25, 0.3) is 0 Å². The molecule has 1 aliphatic heterocycles. The molecule has 0 radical (unpaired) electrons. The van der Waals surface area contributed by atoms with Gasteiger partial charge < -0.3 is 19.7 Å². The monoisotopic (exact) mass is 436 g/mol. The largest absolute Gasteiger partial charge is 0.497 e. The molecule has 31 heavy (non-hydrogen) atoms. The Morgan fingerprint density at radius 2 is 1.81 bits per heavy atom. The summed E-state index contributed by atoms with van der Waals surface area (Å²) in [4.78, 5) is 14.0. The van der Waals surface area contributed by atoms with Gasteiger partial charge in [0.25, 0.3) is 0 Å². The van der Waals surface area contributed by atoms with E-state index in [4.69, 9.17) is 9.47 Å². The summed E-state index contributed by atoms with van der Waals surface area (Å²) in [7, 11) is 1.58. The van der Waals surface area contributed by atoms with E-state index < -0.39 is 23.4 Å². The lowest BCUT2D eigenvalue weighted by Crippen LogP contribution is -2.41. The Bertz CT molecular complexity index is 921. The molecule has 0 saturated heterocycles. The zero-order valence-electron chi connectivity index (χ0n) is 18.0. The number of anilines is 2. The lowest BCUT2D eigenvalue weighted by Gasteiger charge is -2.36. The van der Waals surface area contributed by atoms with Crippen molar-refractivity contribution in [2.45, 2.75) is 39.0 Å². The fourth-order valence-electron chi connectivity index (χ4n) is 3.60. The van der Waals surface area contributed by atoms with Crippen LogP contribution < -0.4 is 15.0 Å². The van der Waals surface area contributed by atoms with E-state index >= 15 is 0 Å². The van der Waals surface area contributed by atoms with Gasteiger partial charge in [0.05, 0.1) is 12.7 Å². The molecule has 5 nitrogen and oxygen atoms in total. The number of hydrogen-bond donors (Lipinski definition) is 1. The summed E-state index contributed by atoms with van der Waals surface area (Å²) in [5.74, 6) is 0.737. The average molecular weight is 436 g/mol. The molecule has 0 fully saturated rings. The Balaban J connectivity index is 1.83. The maximum atomic E-state index is 13.0. The van der Waals surface area contributed by atoms with Crippen molar-refractivity contribution in [3.63, 3.8) is 0 Å². The number of amides is 1. The van der Waals surface area contributed by atoms with Crippen molar-refractivity contribution >= 4 is 17.5 Å². The molecule has 1 atom stereocenters. The van der Waals surface area contributed by atoms with Gasteiger partial charge in [0.1, 0.15) is 11.4 Å². The zero-order chi connectivity index (χ0) is 22.8. The maximum Gasteiger partial charge on any atom is 0.416 e. The Hall–Kier alpha value is -2.90. The van der Waals surface area contributed by atoms with Gasteiger partial charge in [0.15, 0.2) is 0 Å². The number of nitrogens with one attached hydrogen (secondary N) is 1. The molecule has 1 aliphatic rings. The summed E-state index contributed by atoms with van der Waals surface area (Å²) in [5, 5.41) is 2.80. The van der Waals surface area contributed by atoms with E-state index in [9.17, 15) is 18.0 Å². The number of fused-ring (bicyclic) bond motifs is 1. The Morgan fingerprint density at radius 3 is 2.39 bits per heavy atom. The quantitative estimate of drug-likeness (QED) is 0.683. The van der Waals surface area contributed by atoms with Crippen LogP contribution in [0.15, 0.2) is 42.5 Å². The summed E-state index contributed by atoms with van der Waals surface area (Å²) in [6.07, 6.45) is -4.18. The third-order valence-corrected chi connectivity index (χ3v) is 4.97. The summed E-state index contributed by atoms with van der Waals surface area (Å²) in [6, 6.07) is 10.8. The van der Waals surface area contributed by atoms with Gasteiger partial charge in [-0.2, -0.15) is 13.2 Å². The standard InChI is InChI=1S/C23H27F3N2O3/c1-22(2,3)31-21(29)27-13-15-11-16-12-19(30-4)9-10-20(16)28(14-15)18-7-5-17(6-8-18)23(24,25)26/h5-10,12,15H,11,13-14H2,1-4H3,(H,27,29). The van der Waals surface area contributed by atoms with E-state index in [1.54, 1.807) is 27.9 Å². The number of halogens is 3. The topological polar surface area (TPSA) is 50.8 Å². The SMILES string of the molecule is COc1ccc2c(c1)CC(CNC(=O)OC(C)(C)C)CN2c1ccc(C(F)(F)F)cc1. The van der Waals surface area contributed by atoms with Gasteiger partial charge in [-0.3, -0.25) is 0 Å². The Kier molecular flexibility index (Phi) is 6.38. The molecule has 0 spiro atoms. The number of ether oxygens (including phenoxy) is 2. The second-order valence-corrected chi connectivity index (χ2v) is 8.60. The highest BCUT2D eigenvalue weighted by atomic mass is 19.4. The third-order valence-electron chi connectivity index (χ3n) is 4.97. The molecule has 0 saturated carbocycles. The molecule has 1 heterocycles. The van der Waals surface area contributed by atoms with E-state index in [1.807, 2.05) is 23.1 Å². The van der Waals surface area contributed by atoms with Crippen LogP contribution in [-0.2, 0) is 17.3 Å². The summed E-state index contributed by atoms with van der Waals surface area (Å²) < 4.78 is 49.5. The van der Waals surface area contributed by atoms with E-state index in [-0.39, 0.29) is 5.92 Å². The van der Waals surface area contributed by atoms with Crippen LogP contribution in [-0.4, -0.2) is 31.9 Å². The minimum Gasteiger partial charge on any atom is -0.497 e. The molecular weight excluding hydrogens is 409 g/mol. The highest BCUT2D eigenvalue weighted by Gasteiger charge is 2.31. The fraction of sp³-hybridized carbons (Fsp3) is 0.435. The average Bonchev–Trinajstić information content (AvgIpc) is 2.69. The predicted octanol–water partition coefficient (Wildman–Crippen LogP) is 5.55. The molecule has 1 unspecified atom stereocenters. The van der Waals surface area contributed by atoms with Crippen LogP contribution in [0.3, 0.4) is 0 Å². The van der Waals surface area contributed by atoms with Gasteiger partial charge in [-0.25, -0.2) is 4.79 Å². The fourth-order valence-corrected chi connectivity index (χ4v) is 3.60. The summed E-state index contributed by atoms with van der Waals surface area (Å²) in [6.45, 7) is 6.30. The number of hydrogen-bond acceptors (Lipinski definition) is 4. The van der Waals surface area contributed by atoms with Crippen molar-refractivity contribution in [3.05, 3.63) is 53.6 Å². The Labute approximate surface area is 180 Å². The molecule has 1 N–H and O–H groups in total. The van der Waals surface area contributed by atoms with Gasteiger partial charge in [-0.1, -0.05) is 0 Å². The van der Waals surface area contributed by atoms with Gasteiger partial charge in [0.2, 0.25) is 0 Å². The van der Waals surface area contributed by atoms with Crippen molar-refractivity contribution in [1.82, 2.24) is 5.32 Å². The molecule has 3 rings (SSSR count). The lowest BCUT2D eigenvalue weighted by molar-refractivity contribution is -0.137. The normalized spacial score (nSPS) is 16.5. The van der Waals surface area contributed by atoms with Crippen LogP contribution in [0.4, 0.5) is 29.3 Å². The first kappa shape index (κ1) is 22.8. The minimum atomic E-state index is -4.38. The van der Waals surface area contributed by atoms with Crippen LogP contribution in [0, 0.1) is 5.92 Å². The number of alkyl halides is 3. The summed E-state index contributed by atoms with van der Waals surface area (Å²) >= 11 is 0. The first-order chi connectivity index (χ1) is 14.5. The third kappa shape index (κ3) is 5.83. The minimum absolute atomic E-state index is 0.0365. The number of carbonyl (C=O) groups is 1. The van der Waals surface area contributed by atoms with Gasteiger partial charge in [-0.15, -0.1) is 0 Å². The first-order valence-electron chi connectivity index (χ1n) is 10.0. The van der Waals surface area contributed by atoms with E-state index in [1.165, 1.54) is 12.1 Å². The molecule has 1 amide bonds. The van der Waals surface area contributed by atoms with Crippen LogP contribution in [0.1, 0.15) is 31.9 Å². The highest BCUT2D eigenvalue weighted by Crippen LogP contribution is 2.38. The Morgan fingerprint density at radius 1 is 1.13 bits per heavy atom. The van der Waals surface area contributed by atoms with Crippen LogP contribution in [0.2, 0.25) is 0 Å². The maximum absolute atomic E-state index is 13.0. The number of benzene rings is 2. The molecule has 0 aromatic heterocycles. The second kappa shape index (κ2) is 8.69. The van der Waals surface area contributed by atoms with E-state index in [2.05, 4.69) is 5.32 Å². The lowest BCUT2D eigenvalue weighted by atomic mass is 9.91. The number of alkyl carbamates (subject to hydrolysis) is 1. The molecule has 0 aliphatic carbocycles. The van der Waals surface area contributed by atoms with Crippen molar-refractivity contribution in [2.75, 3.05) is 25.1 Å². The van der Waals surface area contributed by atoms with Gasteiger partial charge >= 0.3 is 12.3 Å². The zero-order valence-corrected chi connectivity index (χ0v) is 18.0. The number of nitrogens with zero attached hydrogens (tertiary/aromatic N) is 1. The molecule has 2 aromatic rings. The predicted molar refractivity (Wildman–Crippen MR) is 113 cm³/mol. The van der Waals surface area contributed by atoms with Crippen molar-refractivity contribution in [2.24, 2.45) is 5.92 Å². The smallest absolute Gasteiger partial charge is 0.416 e. The van der Waals surface area contributed by atoms with Crippen molar-refractivity contribution in [1.29, 1.82) is 0 Å². The second-order valence-electron chi connectivity index (χ2n) is 8.60. The molecular formula is C23H27F3N2O3. The molecule has 168 valence electrons. The summed E-state index contributed by atoms with van der Waals surface area (Å²) in [5.41, 5.74) is 1.28. The van der Waals surface area contributed by atoms with Crippen molar-refractivity contribution in [3.8, 4) is 5.75 Å². The first-order valence-corrected chi connectivity index (χ1v) is 10.0. The molecule has 2 aromatic carbocycles. The number of methoxy groups -OCH3 is 1. The van der Waals surface area contributed by atoms with E-state index in [0.29, 0.717) is 30.9 Å². The molecule has 0 bridgehead atoms. The number of carbonyl (C=O) groups excluding carboxylic acids is 1. The van der Waals surface area contributed by atoms with Crippen molar-refractivity contribution < 1.29 is 27.4 Å². The van der Waals surface area contributed by atoms with Crippen LogP contribution in [0.5, 0.6) is 5.75 Å². The molecule has 8 heteroatoms. The van der Waals surface area contributed by atoms with Gasteiger partial charge in [0, 0.05) is 24.5 Å². The highest BCUT2D eigenvalue weighted by molar-refractivity contribution is 5.70.